The molecule has 0 spiro atoms. The first-order valence-corrected chi connectivity index (χ1v) is 6.77. The maximum absolute atomic E-state index is 13.4. The quantitative estimate of drug-likeness (QED) is 0.720. The Kier molecular flexibility index (Phi) is 6.96. The third-order valence-corrected chi connectivity index (χ3v) is 3.03. The summed E-state index contributed by atoms with van der Waals surface area (Å²) in [5, 5.41) is 19.7. The van der Waals surface area contributed by atoms with Gasteiger partial charge >= 0.3 is 5.97 Å². The van der Waals surface area contributed by atoms with Crippen molar-refractivity contribution in [2.24, 2.45) is 0 Å². The Morgan fingerprint density at radius 2 is 2.05 bits per heavy atom. The van der Waals surface area contributed by atoms with E-state index in [-0.39, 0.29) is 18.4 Å². The second-order valence-corrected chi connectivity index (χ2v) is 4.77. The summed E-state index contributed by atoms with van der Waals surface area (Å²) >= 11 is 0. The summed E-state index contributed by atoms with van der Waals surface area (Å²) < 4.78 is 26.2. The lowest BCUT2D eigenvalue weighted by Gasteiger charge is -2.14. The van der Waals surface area contributed by atoms with Gasteiger partial charge in [-0.3, -0.25) is 4.79 Å². The first-order valence-electron chi connectivity index (χ1n) is 6.77. The summed E-state index contributed by atoms with van der Waals surface area (Å²) in [6.07, 6.45) is 1.17. The molecule has 1 aromatic carbocycles. The van der Waals surface area contributed by atoms with Gasteiger partial charge in [0, 0.05) is 12.5 Å². The zero-order chi connectivity index (χ0) is 16.5. The standard InChI is InChI=1S/C15H16F2N2O3/c16-11-6-5-10(12(17)9-11)8-14(20)19-13(15(21)22)4-2-1-3-7-18/h5-6,9,13H,1-4,8H2,(H,19,20)(H,21,22)/t13-/m0/s1. The highest BCUT2D eigenvalue weighted by Crippen LogP contribution is 2.11. The minimum Gasteiger partial charge on any atom is -0.480 e. The van der Waals surface area contributed by atoms with Crippen LogP contribution in [0.1, 0.15) is 31.2 Å². The number of hydrogen-bond donors (Lipinski definition) is 2. The SMILES string of the molecule is N#CCCCC[C@H](NC(=O)Cc1ccc(F)cc1F)C(=O)O. The molecule has 22 heavy (non-hydrogen) atoms. The van der Waals surface area contributed by atoms with Gasteiger partial charge in [0.1, 0.15) is 17.7 Å². The van der Waals surface area contributed by atoms with Crippen LogP contribution in [0.15, 0.2) is 18.2 Å². The van der Waals surface area contributed by atoms with Gasteiger partial charge in [-0.25, -0.2) is 13.6 Å². The van der Waals surface area contributed by atoms with Crippen molar-refractivity contribution in [3.05, 3.63) is 35.4 Å². The fourth-order valence-electron chi connectivity index (χ4n) is 1.89. The second kappa shape index (κ2) is 8.72. The molecule has 118 valence electrons. The van der Waals surface area contributed by atoms with Gasteiger partial charge in [-0.15, -0.1) is 0 Å². The van der Waals surface area contributed by atoms with Crippen LogP contribution in [0.2, 0.25) is 0 Å². The minimum atomic E-state index is -1.19. The molecular formula is C15H16F2N2O3. The van der Waals surface area contributed by atoms with Crippen molar-refractivity contribution in [1.29, 1.82) is 5.26 Å². The molecule has 0 radical (unpaired) electrons. The van der Waals surface area contributed by atoms with Crippen LogP contribution in [0.5, 0.6) is 0 Å². The number of carboxylic acids is 1. The minimum absolute atomic E-state index is 0.00693. The molecule has 1 rings (SSSR count). The molecule has 0 saturated carbocycles. The number of hydrogen-bond acceptors (Lipinski definition) is 3. The van der Waals surface area contributed by atoms with Crippen molar-refractivity contribution < 1.29 is 23.5 Å². The number of halogens is 2. The van der Waals surface area contributed by atoms with Crippen molar-refractivity contribution in [3.63, 3.8) is 0 Å². The average Bonchev–Trinajstić information content (AvgIpc) is 2.45. The van der Waals surface area contributed by atoms with Crippen molar-refractivity contribution in [2.45, 2.75) is 38.1 Å². The van der Waals surface area contributed by atoms with Crippen molar-refractivity contribution in [1.82, 2.24) is 5.32 Å². The lowest BCUT2D eigenvalue weighted by Crippen LogP contribution is -2.41. The number of nitrogens with zero attached hydrogens (tertiary/aromatic N) is 1. The third kappa shape index (κ3) is 5.87. The van der Waals surface area contributed by atoms with E-state index in [0.29, 0.717) is 25.3 Å². The molecule has 0 aromatic heterocycles. The van der Waals surface area contributed by atoms with Crippen LogP contribution in [0, 0.1) is 23.0 Å². The predicted molar refractivity (Wildman–Crippen MR) is 73.7 cm³/mol. The average molecular weight is 310 g/mol. The summed E-state index contributed by atoms with van der Waals surface area (Å²) in [5.74, 6) is -3.44. The third-order valence-electron chi connectivity index (χ3n) is 3.03. The van der Waals surface area contributed by atoms with E-state index in [1.54, 1.807) is 0 Å². The van der Waals surface area contributed by atoms with Crippen LogP contribution >= 0.6 is 0 Å². The molecule has 1 atom stereocenters. The van der Waals surface area contributed by atoms with Gasteiger partial charge in [-0.1, -0.05) is 6.07 Å². The molecule has 2 N–H and O–H groups in total. The molecular weight excluding hydrogens is 294 g/mol. The van der Waals surface area contributed by atoms with E-state index in [1.807, 2.05) is 6.07 Å². The molecule has 0 aliphatic rings. The van der Waals surface area contributed by atoms with Crippen molar-refractivity contribution >= 4 is 11.9 Å². The molecule has 0 aliphatic heterocycles. The molecule has 5 nitrogen and oxygen atoms in total. The number of unbranched alkanes of at least 4 members (excludes halogenated alkanes) is 2. The lowest BCUT2D eigenvalue weighted by molar-refractivity contribution is -0.142. The van der Waals surface area contributed by atoms with Crippen LogP contribution < -0.4 is 5.32 Å². The highest BCUT2D eigenvalue weighted by molar-refractivity contribution is 5.84. The van der Waals surface area contributed by atoms with E-state index in [9.17, 15) is 18.4 Å². The number of benzene rings is 1. The van der Waals surface area contributed by atoms with Crippen molar-refractivity contribution in [3.8, 4) is 6.07 Å². The number of carbonyl (C=O) groups excluding carboxylic acids is 1. The molecule has 0 saturated heterocycles. The van der Waals surface area contributed by atoms with E-state index in [1.165, 1.54) is 0 Å². The van der Waals surface area contributed by atoms with E-state index < -0.39 is 29.6 Å². The summed E-state index contributed by atoms with van der Waals surface area (Å²) in [4.78, 5) is 22.8. The van der Waals surface area contributed by atoms with E-state index in [4.69, 9.17) is 10.4 Å². The number of aliphatic carboxylic acids is 1. The first kappa shape index (κ1) is 17.6. The van der Waals surface area contributed by atoms with Crippen LogP contribution in [0.4, 0.5) is 8.78 Å². The second-order valence-electron chi connectivity index (χ2n) is 4.77. The van der Waals surface area contributed by atoms with Crippen LogP contribution in [-0.2, 0) is 16.0 Å². The smallest absolute Gasteiger partial charge is 0.326 e. The van der Waals surface area contributed by atoms with E-state index in [2.05, 4.69) is 5.32 Å². The zero-order valence-corrected chi connectivity index (χ0v) is 11.8. The molecule has 0 aliphatic carbocycles. The van der Waals surface area contributed by atoms with Gasteiger partial charge in [0.2, 0.25) is 5.91 Å². The molecule has 0 unspecified atom stereocenters. The zero-order valence-electron chi connectivity index (χ0n) is 11.8. The fourth-order valence-corrected chi connectivity index (χ4v) is 1.89. The van der Waals surface area contributed by atoms with Crippen LogP contribution in [0.25, 0.3) is 0 Å². The summed E-state index contributed by atoms with van der Waals surface area (Å²) in [7, 11) is 0. The summed E-state index contributed by atoms with van der Waals surface area (Å²) in [6.45, 7) is 0. The lowest BCUT2D eigenvalue weighted by atomic mass is 10.1. The van der Waals surface area contributed by atoms with Crippen LogP contribution in [0.3, 0.4) is 0 Å². The number of carboxylic acid groups (broad SMARTS) is 1. The normalized spacial score (nSPS) is 11.5. The van der Waals surface area contributed by atoms with E-state index >= 15 is 0 Å². The Morgan fingerprint density at radius 1 is 1.32 bits per heavy atom. The van der Waals surface area contributed by atoms with Crippen molar-refractivity contribution in [2.75, 3.05) is 0 Å². The predicted octanol–water partition coefficient (Wildman–Crippen LogP) is 2.16. The molecule has 0 bridgehead atoms. The number of carbonyl (C=O) groups is 2. The number of nitrogens with one attached hydrogen (secondary N) is 1. The van der Waals surface area contributed by atoms with Gasteiger partial charge in [0.05, 0.1) is 12.5 Å². The Hall–Kier alpha value is -2.49. The van der Waals surface area contributed by atoms with Gasteiger partial charge < -0.3 is 10.4 Å². The maximum Gasteiger partial charge on any atom is 0.326 e. The fraction of sp³-hybridized carbons (Fsp3) is 0.400. The first-order chi connectivity index (χ1) is 10.4. The largest absolute Gasteiger partial charge is 0.480 e. The highest BCUT2D eigenvalue weighted by Gasteiger charge is 2.20. The summed E-state index contributed by atoms with van der Waals surface area (Å²) in [6, 6.07) is 3.70. The number of amides is 1. The van der Waals surface area contributed by atoms with Gasteiger partial charge in [0.25, 0.3) is 0 Å². The Labute approximate surface area is 126 Å². The molecule has 7 heteroatoms. The monoisotopic (exact) mass is 310 g/mol. The summed E-state index contributed by atoms with van der Waals surface area (Å²) in [5.41, 5.74) is -0.00693. The Bertz CT molecular complexity index is 585. The van der Waals surface area contributed by atoms with Gasteiger partial charge in [0.15, 0.2) is 0 Å². The molecule has 1 amide bonds. The number of nitriles is 1. The maximum atomic E-state index is 13.4. The van der Waals surface area contributed by atoms with E-state index in [0.717, 1.165) is 12.1 Å². The number of rotatable bonds is 8. The Morgan fingerprint density at radius 3 is 2.64 bits per heavy atom. The molecule has 0 fully saturated rings. The topological polar surface area (TPSA) is 90.2 Å². The highest BCUT2D eigenvalue weighted by atomic mass is 19.1. The Balaban J connectivity index is 2.56. The van der Waals surface area contributed by atoms with Crippen LogP contribution in [-0.4, -0.2) is 23.0 Å². The molecule has 0 heterocycles. The van der Waals surface area contributed by atoms with Gasteiger partial charge in [-0.05, 0) is 30.9 Å². The molecule has 1 aromatic rings. The van der Waals surface area contributed by atoms with Gasteiger partial charge in [-0.2, -0.15) is 5.26 Å².